The first-order valence-electron chi connectivity index (χ1n) is 5.22. The molecule has 0 aliphatic carbocycles. The minimum Gasteiger partial charge on any atom is -0.508 e. The topological polar surface area (TPSA) is 80.4 Å². The molecular weight excluding hydrogens is 226 g/mol. The Morgan fingerprint density at radius 3 is 2.62 bits per heavy atom. The summed E-state index contributed by atoms with van der Waals surface area (Å²) in [5, 5.41) is 9.72. The fourth-order valence-corrected chi connectivity index (χ4v) is 4.45. The van der Waals surface area contributed by atoms with Crippen LogP contribution in [0.3, 0.4) is 0 Å². The fourth-order valence-electron chi connectivity index (χ4n) is 2.30. The molecule has 4 nitrogen and oxygen atoms in total. The van der Waals surface area contributed by atoms with Gasteiger partial charge in [0.15, 0.2) is 9.84 Å². The zero-order valence-electron chi connectivity index (χ0n) is 8.83. The Bertz CT molecular complexity index is 484. The zero-order chi connectivity index (χ0) is 11.8. The number of phenolic OH excluding ortho intramolecular Hbond substituents is 1. The second kappa shape index (κ2) is 4.07. The lowest BCUT2D eigenvalue weighted by Crippen LogP contribution is -2.20. The highest BCUT2D eigenvalue weighted by Crippen LogP contribution is 2.37. The molecule has 1 saturated heterocycles. The molecule has 1 aliphatic heterocycles. The van der Waals surface area contributed by atoms with E-state index in [9.17, 15) is 13.5 Å². The predicted octanol–water partition coefficient (Wildman–Crippen LogP) is 0.479. The summed E-state index contributed by atoms with van der Waals surface area (Å²) in [6, 6.07) is 6.87. The Kier molecular flexibility index (Phi) is 2.90. The lowest BCUT2D eigenvalue weighted by atomic mass is 9.88. The van der Waals surface area contributed by atoms with Crippen molar-refractivity contribution in [2.45, 2.75) is 5.92 Å². The van der Waals surface area contributed by atoms with Gasteiger partial charge in [-0.15, -0.1) is 0 Å². The number of phenols is 1. The molecule has 0 saturated carbocycles. The van der Waals surface area contributed by atoms with Gasteiger partial charge >= 0.3 is 0 Å². The van der Waals surface area contributed by atoms with Crippen molar-refractivity contribution >= 4 is 9.84 Å². The lowest BCUT2D eigenvalue weighted by Gasteiger charge is -2.17. The second-order valence-electron chi connectivity index (χ2n) is 4.24. The van der Waals surface area contributed by atoms with Crippen molar-refractivity contribution in [2.75, 3.05) is 18.1 Å². The van der Waals surface area contributed by atoms with E-state index in [-0.39, 0.29) is 29.1 Å². The van der Waals surface area contributed by atoms with Crippen molar-refractivity contribution in [1.82, 2.24) is 0 Å². The molecule has 3 N–H and O–H groups in total. The fraction of sp³-hybridized carbons (Fsp3) is 0.455. The summed E-state index contributed by atoms with van der Waals surface area (Å²) < 4.78 is 23.1. The molecule has 1 heterocycles. The summed E-state index contributed by atoms with van der Waals surface area (Å²) in [4.78, 5) is 0. The average molecular weight is 241 g/mol. The normalized spacial score (nSPS) is 28.1. The Balaban J connectivity index is 2.38. The van der Waals surface area contributed by atoms with Crippen LogP contribution in [0.4, 0.5) is 0 Å². The Morgan fingerprint density at radius 2 is 2.00 bits per heavy atom. The van der Waals surface area contributed by atoms with Crippen molar-refractivity contribution in [2.24, 2.45) is 11.7 Å². The third-order valence-corrected chi connectivity index (χ3v) is 4.91. The largest absolute Gasteiger partial charge is 0.508 e. The maximum atomic E-state index is 11.6. The quantitative estimate of drug-likeness (QED) is 0.789. The van der Waals surface area contributed by atoms with E-state index in [1.807, 2.05) is 0 Å². The molecule has 1 aromatic carbocycles. The van der Waals surface area contributed by atoms with Crippen molar-refractivity contribution in [3.63, 3.8) is 0 Å². The number of benzene rings is 1. The zero-order valence-corrected chi connectivity index (χ0v) is 9.65. The highest BCUT2D eigenvalue weighted by atomic mass is 32.2. The number of rotatable bonds is 2. The molecule has 1 aliphatic rings. The van der Waals surface area contributed by atoms with E-state index in [1.165, 1.54) is 0 Å². The van der Waals surface area contributed by atoms with E-state index in [0.29, 0.717) is 12.1 Å². The number of para-hydroxylation sites is 1. The third kappa shape index (κ3) is 2.05. The molecule has 88 valence electrons. The van der Waals surface area contributed by atoms with Gasteiger partial charge in [-0.3, -0.25) is 0 Å². The van der Waals surface area contributed by atoms with Crippen LogP contribution < -0.4 is 5.73 Å². The summed E-state index contributed by atoms with van der Waals surface area (Å²) in [5.41, 5.74) is 6.28. The molecule has 0 aromatic heterocycles. The summed E-state index contributed by atoms with van der Waals surface area (Å²) in [6.45, 7) is 0.332. The van der Waals surface area contributed by atoms with Gasteiger partial charge < -0.3 is 10.8 Å². The van der Waals surface area contributed by atoms with Gasteiger partial charge in [-0.25, -0.2) is 8.42 Å². The van der Waals surface area contributed by atoms with Gasteiger partial charge in [0.2, 0.25) is 0 Å². The first-order valence-corrected chi connectivity index (χ1v) is 7.04. The molecule has 1 aromatic rings. The van der Waals surface area contributed by atoms with Crippen LogP contribution in [0.15, 0.2) is 24.3 Å². The van der Waals surface area contributed by atoms with Gasteiger partial charge in [-0.1, -0.05) is 18.2 Å². The molecule has 5 heteroatoms. The SMILES string of the molecule is NCC1CS(=O)(=O)CC1c1ccccc1O. The smallest absolute Gasteiger partial charge is 0.151 e. The summed E-state index contributed by atoms with van der Waals surface area (Å²) in [5.74, 6) is 0.118. The highest BCUT2D eigenvalue weighted by molar-refractivity contribution is 7.91. The van der Waals surface area contributed by atoms with E-state index in [4.69, 9.17) is 5.73 Å². The molecule has 16 heavy (non-hydrogen) atoms. The van der Waals surface area contributed by atoms with Crippen LogP contribution in [-0.2, 0) is 9.84 Å². The predicted molar refractivity (Wildman–Crippen MR) is 62.0 cm³/mol. The van der Waals surface area contributed by atoms with Gasteiger partial charge in [0.1, 0.15) is 5.75 Å². The van der Waals surface area contributed by atoms with Crippen molar-refractivity contribution in [3.8, 4) is 5.75 Å². The Labute approximate surface area is 95.0 Å². The second-order valence-corrected chi connectivity index (χ2v) is 6.39. The summed E-state index contributed by atoms with van der Waals surface area (Å²) in [6.07, 6.45) is 0. The minimum absolute atomic E-state index is 0.0849. The molecule has 2 rings (SSSR count). The van der Waals surface area contributed by atoms with Crippen LogP contribution in [-0.4, -0.2) is 31.6 Å². The van der Waals surface area contributed by atoms with Crippen LogP contribution in [0.1, 0.15) is 11.5 Å². The minimum atomic E-state index is -3.01. The van der Waals surface area contributed by atoms with Gasteiger partial charge in [0.05, 0.1) is 11.5 Å². The summed E-state index contributed by atoms with van der Waals surface area (Å²) in [7, 11) is -3.01. The first kappa shape index (κ1) is 11.4. The number of hydrogen-bond acceptors (Lipinski definition) is 4. The molecule has 2 atom stereocenters. The monoisotopic (exact) mass is 241 g/mol. The van der Waals surface area contributed by atoms with Crippen LogP contribution >= 0.6 is 0 Å². The molecular formula is C11H15NO3S. The maximum absolute atomic E-state index is 11.6. The van der Waals surface area contributed by atoms with Crippen LogP contribution in [0.25, 0.3) is 0 Å². The van der Waals surface area contributed by atoms with Crippen molar-refractivity contribution in [3.05, 3.63) is 29.8 Å². The van der Waals surface area contributed by atoms with Crippen LogP contribution in [0.2, 0.25) is 0 Å². The van der Waals surface area contributed by atoms with Gasteiger partial charge in [-0.2, -0.15) is 0 Å². The number of sulfone groups is 1. The molecule has 0 bridgehead atoms. The Hall–Kier alpha value is -1.07. The van der Waals surface area contributed by atoms with Gasteiger partial charge in [0, 0.05) is 5.92 Å². The molecule has 2 unspecified atom stereocenters. The van der Waals surface area contributed by atoms with Gasteiger partial charge in [-0.05, 0) is 24.1 Å². The van der Waals surface area contributed by atoms with E-state index < -0.39 is 9.84 Å². The third-order valence-electron chi connectivity index (χ3n) is 3.11. The number of hydrogen-bond donors (Lipinski definition) is 2. The molecule has 0 spiro atoms. The number of aromatic hydroxyl groups is 1. The highest BCUT2D eigenvalue weighted by Gasteiger charge is 2.38. The summed E-state index contributed by atoms with van der Waals surface area (Å²) >= 11 is 0. The average Bonchev–Trinajstić information content (AvgIpc) is 2.54. The van der Waals surface area contributed by atoms with E-state index in [2.05, 4.69) is 0 Å². The molecule has 0 radical (unpaired) electrons. The van der Waals surface area contributed by atoms with E-state index >= 15 is 0 Å². The van der Waals surface area contributed by atoms with Crippen molar-refractivity contribution in [1.29, 1.82) is 0 Å². The Morgan fingerprint density at radius 1 is 1.31 bits per heavy atom. The molecule has 0 amide bonds. The molecule has 1 fully saturated rings. The van der Waals surface area contributed by atoms with Crippen LogP contribution in [0, 0.1) is 5.92 Å². The van der Waals surface area contributed by atoms with E-state index in [1.54, 1.807) is 24.3 Å². The van der Waals surface area contributed by atoms with Crippen molar-refractivity contribution < 1.29 is 13.5 Å². The van der Waals surface area contributed by atoms with E-state index in [0.717, 1.165) is 0 Å². The van der Waals surface area contributed by atoms with Gasteiger partial charge in [0.25, 0.3) is 0 Å². The maximum Gasteiger partial charge on any atom is 0.151 e. The van der Waals surface area contributed by atoms with Crippen LogP contribution in [0.5, 0.6) is 5.75 Å². The lowest BCUT2D eigenvalue weighted by molar-refractivity contribution is 0.447. The standard InChI is InChI=1S/C11H15NO3S/c12-5-8-6-16(14,15)7-10(8)9-3-1-2-4-11(9)13/h1-4,8,10,13H,5-7,12H2. The number of nitrogens with two attached hydrogens (primary N) is 1. The first-order chi connectivity index (χ1) is 7.53.